The lowest BCUT2D eigenvalue weighted by Gasteiger charge is -2.43. The molecule has 92 valence electrons. The van der Waals surface area contributed by atoms with Gasteiger partial charge >= 0.3 is 0 Å². The fourth-order valence-electron chi connectivity index (χ4n) is 4.81. The highest BCUT2D eigenvalue weighted by atomic mass is 16.1. The Hall–Kier alpha value is -0.330. The number of hydrogen-bond donors (Lipinski definition) is 0. The average molecular weight is 222 g/mol. The third kappa shape index (κ3) is 1.72. The summed E-state index contributed by atoms with van der Waals surface area (Å²) in [4.78, 5) is 11.1. The number of fused-ring (bicyclic) bond motifs is 2. The number of aldehydes is 1. The fourth-order valence-corrected chi connectivity index (χ4v) is 4.81. The van der Waals surface area contributed by atoms with Gasteiger partial charge in [-0.25, -0.2) is 0 Å². The largest absolute Gasteiger partial charge is 0.303 e. The molecule has 0 spiro atoms. The number of hydrogen-bond acceptors (Lipinski definition) is 1. The number of carbonyl (C=O) groups excluding carboxylic acids is 1. The maximum atomic E-state index is 11.1. The van der Waals surface area contributed by atoms with Gasteiger partial charge in [-0.1, -0.05) is 34.6 Å². The number of rotatable bonds is 2. The average Bonchev–Trinajstić information content (AvgIpc) is 2.71. The number of carbonyl (C=O) groups is 1. The summed E-state index contributed by atoms with van der Waals surface area (Å²) in [5.74, 6) is 4.19. The lowest BCUT2D eigenvalue weighted by atomic mass is 9.61. The van der Waals surface area contributed by atoms with E-state index in [-0.39, 0.29) is 0 Å². The van der Waals surface area contributed by atoms with E-state index >= 15 is 0 Å². The van der Waals surface area contributed by atoms with Gasteiger partial charge in [-0.15, -0.1) is 0 Å². The van der Waals surface area contributed by atoms with Gasteiger partial charge in [0.05, 0.1) is 0 Å². The van der Waals surface area contributed by atoms with Crippen molar-refractivity contribution in [3.8, 4) is 0 Å². The van der Waals surface area contributed by atoms with Crippen LogP contribution in [0.2, 0.25) is 0 Å². The highest BCUT2D eigenvalue weighted by Crippen LogP contribution is 2.61. The Kier molecular flexibility index (Phi) is 2.92. The first kappa shape index (κ1) is 12.1. The van der Waals surface area contributed by atoms with Crippen LogP contribution in [0.25, 0.3) is 0 Å². The van der Waals surface area contributed by atoms with Crippen molar-refractivity contribution in [2.45, 2.75) is 47.5 Å². The van der Waals surface area contributed by atoms with E-state index in [0.717, 1.165) is 23.7 Å². The molecule has 5 atom stereocenters. The quantitative estimate of drug-likeness (QED) is 0.650. The topological polar surface area (TPSA) is 17.1 Å². The van der Waals surface area contributed by atoms with Crippen LogP contribution >= 0.6 is 0 Å². The Morgan fingerprint density at radius 2 is 1.81 bits per heavy atom. The summed E-state index contributed by atoms with van der Waals surface area (Å²) in [5, 5.41) is 0. The highest BCUT2D eigenvalue weighted by Gasteiger charge is 2.56. The van der Waals surface area contributed by atoms with Gasteiger partial charge in [-0.3, -0.25) is 0 Å². The smallest absolute Gasteiger partial charge is 0.123 e. The van der Waals surface area contributed by atoms with Crippen molar-refractivity contribution in [1.82, 2.24) is 0 Å². The Balaban J connectivity index is 2.26. The van der Waals surface area contributed by atoms with Crippen molar-refractivity contribution < 1.29 is 4.79 Å². The van der Waals surface area contributed by atoms with E-state index in [0.29, 0.717) is 17.3 Å². The minimum atomic E-state index is 0.371. The van der Waals surface area contributed by atoms with Crippen LogP contribution in [0.15, 0.2) is 0 Å². The van der Waals surface area contributed by atoms with Crippen molar-refractivity contribution in [3.63, 3.8) is 0 Å². The van der Waals surface area contributed by atoms with Gasteiger partial charge in [0, 0.05) is 5.92 Å². The van der Waals surface area contributed by atoms with Crippen molar-refractivity contribution in [3.05, 3.63) is 0 Å². The SMILES string of the molecule is CC(C)C1C2CC(CC2C=O)C1C(C)(C)C. The second-order valence-corrected chi connectivity index (χ2v) is 7.41. The van der Waals surface area contributed by atoms with E-state index < -0.39 is 0 Å². The monoisotopic (exact) mass is 222 g/mol. The molecule has 5 unspecified atom stereocenters. The van der Waals surface area contributed by atoms with Crippen molar-refractivity contribution in [2.75, 3.05) is 0 Å². The maximum absolute atomic E-state index is 11.1. The van der Waals surface area contributed by atoms with E-state index in [1.807, 2.05) is 0 Å². The first-order valence-electron chi connectivity index (χ1n) is 6.81. The minimum Gasteiger partial charge on any atom is -0.303 e. The zero-order chi connectivity index (χ0) is 12.1. The Labute approximate surface area is 100.0 Å². The first-order chi connectivity index (χ1) is 7.36. The van der Waals surface area contributed by atoms with Crippen LogP contribution in [0.5, 0.6) is 0 Å². The summed E-state index contributed by atoms with van der Waals surface area (Å²) in [6.07, 6.45) is 3.71. The molecule has 0 radical (unpaired) electrons. The third-order valence-electron chi connectivity index (χ3n) is 5.06. The van der Waals surface area contributed by atoms with Gasteiger partial charge in [0.25, 0.3) is 0 Å². The maximum Gasteiger partial charge on any atom is 0.123 e. The summed E-state index contributed by atoms with van der Waals surface area (Å²) in [7, 11) is 0. The van der Waals surface area contributed by atoms with Crippen LogP contribution in [0.4, 0.5) is 0 Å². The minimum absolute atomic E-state index is 0.371. The predicted molar refractivity (Wildman–Crippen MR) is 67.0 cm³/mol. The van der Waals surface area contributed by atoms with Crippen LogP contribution in [0.1, 0.15) is 47.5 Å². The van der Waals surface area contributed by atoms with Gasteiger partial charge < -0.3 is 4.79 Å². The first-order valence-corrected chi connectivity index (χ1v) is 6.81. The second-order valence-electron chi connectivity index (χ2n) is 7.41. The van der Waals surface area contributed by atoms with Crippen molar-refractivity contribution >= 4 is 6.29 Å². The van der Waals surface area contributed by atoms with Crippen LogP contribution in [-0.4, -0.2) is 6.29 Å². The summed E-state index contributed by atoms with van der Waals surface area (Å²) < 4.78 is 0. The highest BCUT2D eigenvalue weighted by molar-refractivity contribution is 5.55. The van der Waals surface area contributed by atoms with Gasteiger partial charge in [0.15, 0.2) is 0 Å². The molecule has 2 rings (SSSR count). The zero-order valence-corrected chi connectivity index (χ0v) is 11.4. The third-order valence-corrected chi connectivity index (χ3v) is 5.06. The normalized spacial score (nSPS) is 43.0. The van der Waals surface area contributed by atoms with Crippen LogP contribution in [0, 0.1) is 40.9 Å². The molecule has 1 nitrogen and oxygen atoms in total. The van der Waals surface area contributed by atoms with Crippen molar-refractivity contribution in [2.24, 2.45) is 40.9 Å². The molecular weight excluding hydrogens is 196 g/mol. The summed E-state index contributed by atoms with van der Waals surface area (Å²) in [5.41, 5.74) is 0.405. The lowest BCUT2D eigenvalue weighted by molar-refractivity contribution is -0.114. The van der Waals surface area contributed by atoms with Gasteiger partial charge in [0.2, 0.25) is 0 Å². The Morgan fingerprint density at radius 3 is 2.25 bits per heavy atom. The van der Waals surface area contributed by atoms with Crippen LogP contribution in [0.3, 0.4) is 0 Å². The summed E-state index contributed by atoms with van der Waals surface area (Å²) in [6.45, 7) is 11.8. The standard InChI is InChI=1S/C15H26O/c1-9(2)13-12-7-10(6-11(12)8-16)14(13)15(3,4)5/h8-14H,6-7H2,1-5H3. The molecule has 2 saturated carbocycles. The molecule has 0 aromatic heterocycles. The molecule has 2 aliphatic rings. The van der Waals surface area contributed by atoms with E-state index in [2.05, 4.69) is 34.6 Å². The second kappa shape index (κ2) is 3.85. The molecule has 0 aromatic carbocycles. The molecule has 16 heavy (non-hydrogen) atoms. The summed E-state index contributed by atoms with van der Waals surface area (Å²) in [6, 6.07) is 0. The Morgan fingerprint density at radius 1 is 1.19 bits per heavy atom. The van der Waals surface area contributed by atoms with Crippen LogP contribution < -0.4 is 0 Å². The molecule has 2 bridgehead atoms. The molecule has 0 N–H and O–H groups in total. The Bertz CT molecular complexity index is 274. The molecule has 1 heteroatoms. The van der Waals surface area contributed by atoms with Gasteiger partial charge in [0.1, 0.15) is 6.29 Å². The van der Waals surface area contributed by atoms with Gasteiger partial charge in [-0.2, -0.15) is 0 Å². The summed E-state index contributed by atoms with van der Waals surface area (Å²) >= 11 is 0. The van der Waals surface area contributed by atoms with E-state index in [9.17, 15) is 4.79 Å². The fraction of sp³-hybridized carbons (Fsp3) is 0.933. The molecular formula is C15H26O. The molecule has 0 amide bonds. The van der Waals surface area contributed by atoms with E-state index in [1.165, 1.54) is 19.1 Å². The molecule has 0 saturated heterocycles. The zero-order valence-electron chi connectivity index (χ0n) is 11.4. The van der Waals surface area contributed by atoms with Crippen molar-refractivity contribution in [1.29, 1.82) is 0 Å². The van der Waals surface area contributed by atoms with Crippen LogP contribution in [-0.2, 0) is 4.79 Å². The molecule has 0 heterocycles. The van der Waals surface area contributed by atoms with E-state index in [4.69, 9.17) is 0 Å². The molecule has 2 aliphatic carbocycles. The molecule has 0 aliphatic heterocycles. The van der Waals surface area contributed by atoms with E-state index in [1.54, 1.807) is 0 Å². The van der Waals surface area contributed by atoms with Gasteiger partial charge in [-0.05, 0) is 47.8 Å². The predicted octanol–water partition coefficient (Wildman–Crippen LogP) is 3.78. The molecule has 0 aromatic rings. The molecule has 2 fully saturated rings. The lowest BCUT2D eigenvalue weighted by Crippen LogP contribution is -2.39.